The Morgan fingerprint density at radius 3 is 2.70 bits per heavy atom. The Hall–Kier alpha value is -3.06. The lowest BCUT2D eigenvalue weighted by atomic mass is 10.1. The van der Waals surface area contributed by atoms with Gasteiger partial charge in [-0.25, -0.2) is 14.0 Å². The molecule has 7 nitrogen and oxygen atoms in total. The number of anilines is 1. The molecule has 2 amide bonds. The van der Waals surface area contributed by atoms with Gasteiger partial charge in [0.25, 0.3) is 0 Å². The molecule has 9 heteroatoms. The number of carbonyl (C=O) groups is 1. The molecule has 0 unspecified atom stereocenters. The van der Waals surface area contributed by atoms with Gasteiger partial charge in [-0.2, -0.15) is 0 Å². The van der Waals surface area contributed by atoms with Crippen molar-refractivity contribution in [3.05, 3.63) is 64.6 Å². The molecule has 0 spiro atoms. The molecular weight excluding hydrogens is 411 g/mol. The van der Waals surface area contributed by atoms with E-state index in [0.29, 0.717) is 41.8 Å². The number of rotatable bonds is 6. The molecule has 0 radical (unpaired) electrons. The number of urea groups is 1. The highest BCUT2D eigenvalue weighted by Gasteiger charge is 2.29. The van der Waals surface area contributed by atoms with E-state index >= 15 is 0 Å². The molecule has 3 N–H and O–H groups in total. The maximum Gasteiger partial charge on any atom is 0.316 e. The summed E-state index contributed by atoms with van der Waals surface area (Å²) in [5.41, 5.74) is 6.97. The maximum absolute atomic E-state index is 13.1. The fourth-order valence-corrected chi connectivity index (χ4v) is 3.48. The highest BCUT2D eigenvalue weighted by Crippen LogP contribution is 2.29. The molecule has 0 aliphatic carbocycles. The van der Waals surface area contributed by atoms with Gasteiger partial charge in [0.15, 0.2) is 0 Å². The molecule has 0 saturated carbocycles. The van der Waals surface area contributed by atoms with Crippen LogP contribution in [0.5, 0.6) is 5.75 Å². The van der Waals surface area contributed by atoms with Gasteiger partial charge in [-0.05, 0) is 42.8 Å². The molecule has 1 atom stereocenters. The second-order valence-corrected chi connectivity index (χ2v) is 7.36. The van der Waals surface area contributed by atoms with E-state index < -0.39 is 6.03 Å². The van der Waals surface area contributed by atoms with Crippen LogP contribution in [-0.4, -0.2) is 47.6 Å². The van der Waals surface area contributed by atoms with Crippen LogP contribution in [0.25, 0.3) is 0 Å². The van der Waals surface area contributed by atoms with Crippen molar-refractivity contribution < 1.29 is 18.7 Å². The summed E-state index contributed by atoms with van der Waals surface area (Å²) in [6.07, 6.45) is 0. The topological polar surface area (TPSA) is 87.9 Å². The molecule has 2 aromatic rings. The second kappa shape index (κ2) is 9.63. The third-order valence-electron chi connectivity index (χ3n) is 4.92. The summed E-state index contributed by atoms with van der Waals surface area (Å²) in [6, 6.07) is 10.1. The van der Waals surface area contributed by atoms with Gasteiger partial charge in [0, 0.05) is 24.7 Å². The number of carbonyl (C=O) groups excluding carboxylic acids is 2. The number of ether oxygens (including phenoxy) is 1. The van der Waals surface area contributed by atoms with E-state index in [-0.39, 0.29) is 18.6 Å². The number of primary amides is 1. The van der Waals surface area contributed by atoms with Crippen molar-refractivity contribution in [1.29, 1.82) is 0 Å². The van der Waals surface area contributed by atoms with Crippen molar-refractivity contribution in [3.63, 3.8) is 0 Å². The van der Waals surface area contributed by atoms with E-state index in [1.807, 2.05) is 22.7 Å². The number of piperazine rings is 1. The average Bonchev–Trinajstić information content (AvgIpc) is 2.70. The summed E-state index contributed by atoms with van der Waals surface area (Å²) in [6.45, 7) is 3.80. The minimum absolute atomic E-state index is 0.186. The Balaban J connectivity index is 1.66. The number of nitrogens with two attached hydrogens (primary N) is 1. The minimum Gasteiger partial charge on any atom is -0.476 e. The van der Waals surface area contributed by atoms with Gasteiger partial charge < -0.3 is 20.7 Å². The third-order valence-corrected chi connectivity index (χ3v) is 5.15. The third kappa shape index (κ3) is 5.30. The van der Waals surface area contributed by atoms with E-state index in [1.54, 1.807) is 30.3 Å². The van der Waals surface area contributed by atoms with Gasteiger partial charge >= 0.3 is 6.03 Å². The average molecular weight is 433 g/mol. The lowest BCUT2D eigenvalue weighted by Crippen LogP contribution is -2.51. The lowest BCUT2D eigenvalue weighted by Gasteiger charge is -2.40. The van der Waals surface area contributed by atoms with E-state index in [1.165, 1.54) is 12.1 Å². The largest absolute Gasteiger partial charge is 0.476 e. The fraction of sp³-hybridized carbons (Fsp3) is 0.286. The Kier molecular flexibility index (Phi) is 6.95. The zero-order valence-corrected chi connectivity index (χ0v) is 17.2. The number of benzene rings is 2. The van der Waals surface area contributed by atoms with Crippen molar-refractivity contribution in [1.82, 2.24) is 9.80 Å². The standard InChI is InChI=1S/C21H22ClFN4O3/c1-14-19(12-28)26(11-15-2-5-17(23)6-3-15)8-9-27(14)13-30-20-7-4-16(22)10-18(20)25-21(24)29/h2-7,10,14H,8-9,11,13H2,1H3,(H3,24,25,29)/t14-/m1/s1. The number of hydrogen-bond acceptors (Lipinski definition) is 5. The zero-order valence-electron chi connectivity index (χ0n) is 16.4. The van der Waals surface area contributed by atoms with Crippen LogP contribution in [-0.2, 0) is 11.3 Å². The second-order valence-electron chi connectivity index (χ2n) is 6.93. The van der Waals surface area contributed by atoms with Gasteiger partial charge in [0.1, 0.15) is 29.9 Å². The molecule has 3 rings (SSSR count). The quantitative estimate of drug-likeness (QED) is 0.684. The van der Waals surface area contributed by atoms with Crippen LogP contribution in [0.4, 0.5) is 14.9 Å². The highest BCUT2D eigenvalue weighted by atomic mass is 35.5. The van der Waals surface area contributed by atoms with Crippen LogP contribution in [0, 0.1) is 5.82 Å². The Bertz CT molecular complexity index is 963. The first-order valence-electron chi connectivity index (χ1n) is 9.34. The summed E-state index contributed by atoms with van der Waals surface area (Å²) in [5, 5.41) is 2.91. The zero-order chi connectivity index (χ0) is 21.7. The first kappa shape index (κ1) is 21.6. The van der Waals surface area contributed by atoms with E-state index in [9.17, 15) is 14.0 Å². The normalized spacial score (nSPS) is 16.8. The summed E-state index contributed by atoms with van der Waals surface area (Å²) < 4.78 is 19.0. The van der Waals surface area contributed by atoms with Crippen molar-refractivity contribution in [2.45, 2.75) is 19.5 Å². The number of halogens is 2. The first-order valence-corrected chi connectivity index (χ1v) is 9.72. The van der Waals surface area contributed by atoms with Gasteiger partial charge in [0.2, 0.25) is 0 Å². The van der Waals surface area contributed by atoms with Crippen LogP contribution in [0.15, 0.2) is 48.2 Å². The van der Waals surface area contributed by atoms with Crippen LogP contribution in [0.2, 0.25) is 5.02 Å². The monoisotopic (exact) mass is 432 g/mol. The molecule has 1 aliphatic rings. The summed E-state index contributed by atoms with van der Waals surface area (Å²) in [5.74, 6) is 2.15. The van der Waals surface area contributed by atoms with Crippen LogP contribution in [0.1, 0.15) is 12.5 Å². The molecule has 1 heterocycles. The first-order chi connectivity index (χ1) is 14.4. The van der Waals surface area contributed by atoms with Crippen LogP contribution >= 0.6 is 11.6 Å². The smallest absolute Gasteiger partial charge is 0.316 e. The van der Waals surface area contributed by atoms with Gasteiger partial charge in [-0.1, -0.05) is 23.7 Å². The number of nitrogens with one attached hydrogen (secondary N) is 1. The molecule has 30 heavy (non-hydrogen) atoms. The fourth-order valence-electron chi connectivity index (χ4n) is 3.31. The summed E-state index contributed by atoms with van der Waals surface area (Å²) >= 11 is 5.97. The number of amides is 2. The van der Waals surface area contributed by atoms with Gasteiger partial charge in [-0.3, -0.25) is 4.90 Å². The predicted molar refractivity (Wildman–Crippen MR) is 112 cm³/mol. The lowest BCUT2D eigenvalue weighted by molar-refractivity contribution is 0.0549. The molecule has 158 valence electrons. The Labute approximate surface area is 178 Å². The molecule has 1 fully saturated rings. The molecule has 2 aromatic carbocycles. The van der Waals surface area contributed by atoms with Crippen molar-refractivity contribution in [2.75, 3.05) is 25.1 Å². The molecule has 0 aromatic heterocycles. The molecule has 1 saturated heterocycles. The van der Waals surface area contributed by atoms with E-state index in [4.69, 9.17) is 22.1 Å². The molecular formula is C21H22ClFN4O3. The highest BCUT2D eigenvalue weighted by molar-refractivity contribution is 6.31. The minimum atomic E-state index is -0.726. The number of hydrogen-bond donors (Lipinski definition) is 2. The van der Waals surface area contributed by atoms with Crippen molar-refractivity contribution in [2.24, 2.45) is 5.73 Å². The van der Waals surface area contributed by atoms with Crippen LogP contribution < -0.4 is 15.8 Å². The summed E-state index contributed by atoms with van der Waals surface area (Å²) in [7, 11) is 0. The Morgan fingerprint density at radius 2 is 2.03 bits per heavy atom. The molecule has 1 aliphatic heterocycles. The van der Waals surface area contributed by atoms with Crippen molar-refractivity contribution in [3.8, 4) is 5.75 Å². The SMILES string of the molecule is C[C@@H]1C(=C=O)N(Cc2ccc(F)cc2)CCN1COc1ccc(Cl)cc1NC(N)=O. The van der Waals surface area contributed by atoms with E-state index in [2.05, 4.69) is 5.32 Å². The van der Waals surface area contributed by atoms with Crippen LogP contribution in [0.3, 0.4) is 0 Å². The van der Waals surface area contributed by atoms with E-state index in [0.717, 1.165) is 5.56 Å². The summed E-state index contributed by atoms with van der Waals surface area (Å²) in [4.78, 5) is 26.8. The van der Waals surface area contributed by atoms with Crippen molar-refractivity contribution >= 4 is 29.3 Å². The maximum atomic E-state index is 13.1. The number of nitrogens with zero attached hydrogens (tertiary/aromatic N) is 2. The van der Waals surface area contributed by atoms with Gasteiger partial charge in [0.05, 0.1) is 11.7 Å². The predicted octanol–water partition coefficient (Wildman–Crippen LogP) is 3.23. The Morgan fingerprint density at radius 1 is 1.30 bits per heavy atom. The molecule has 0 bridgehead atoms. The van der Waals surface area contributed by atoms with Gasteiger partial charge in [-0.15, -0.1) is 0 Å².